The number of nitrogens with zero attached hydrogens (tertiary/aromatic N) is 2. The molecular formula is C11H17N3. The van der Waals surface area contributed by atoms with E-state index in [1.165, 1.54) is 0 Å². The topological polar surface area (TPSA) is 51.3 Å². The number of nitrogens with two attached hydrogens (primary N) is 1. The van der Waals surface area contributed by atoms with Crippen LogP contribution in [0.3, 0.4) is 0 Å². The number of aliphatic imine (C=N–C) groups is 1. The Balaban J connectivity index is 3.03. The molecular weight excluding hydrogens is 174 g/mol. The van der Waals surface area contributed by atoms with Crippen LogP contribution >= 0.6 is 0 Å². The van der Waals surface area contributed by atoms with Crippen molar-refractivity contribution in [1.82, 2.24) is 4.98 Å². The van der Waals surface area contributed by atoms with E-state index in [-0.39, 0.29) is 5.92 Å². The van der Waals surface area contributed by atoms with Gasteiger partial charge in [-0.15, -0.1) is 0 Å². The Morgan fingerprint density at radius 1 is 1.36 bits per heavy atom. The Bertz CT molecular complexity index is 354. The summed E-state index contributed by atoms with van der Waals surface area (Å²) in [7, 11) is 0. The third-order valence-electron chi connectivity index (χ3n) is 2.04. The standard InChI is InChI=1S/C11H17N3/c1-7(2)11(12)14-10-6-5-8(3)13-9(10)4/h5-7H,1-4H3,(H2,12,14). The zero-order valence-electron chi connectivity index (χ0n) is 9.20. The molecule has 0 aliphatic carbocycles. The summed E-state index contributed by atoms with van der Waals surface area (Å²) < 4.78 is 0. The molecule has 0 radical (unpaired) electrons. The molecule has 3 heteroatoms. The van der Waals surface area contributed by atoms with E-state index in [0.29, 0.717) is 5.84 Å². The second kappa shape index (κ2) is 4.22. The second-order valence-corrected chi connectivity index (χ2v) is 3.75. The quantitative estimate of drug-likeness (QED) is 0.576. The summed E-state index contributed by atoms with van der Waals surface area (Å²) in [5, 5.41) is 0. The lowest BCUT2D eigenvalue weighted by molar-refractivity contribution is 0.872. The third kappa shape index (κ3) is 2.55. The smallest absolute Gasteiger partial charge is 0.102 e. The second-order valence-electron chi connectivity index (χ2n) is 3.75. The van der Waals surface area contributed by atoms with Crippen molar-refractivity contribution in [2.24, 2.45) is 16.6 Å². The van der Waals surface area contributed by atoms with Crippen LogP contribution in [0.15, 0.2) is 17.1 Å². The minimum absolute atomic E-state index is 0.274. The maximum absolute atomic E-state index is 5.78. The Morgan fingerprint density at radius 3 is 2.50 bits per heavy atom. The van der Waals surface area contributed by atoms with Gasteiger partial charge >= 0.3 is 0 Å². The molecule has 0 aliphatic heterocycles. The van der Waals surface area contributed by atoms with Crippen LogP contribution in [0.25, 0.3) is 0 Å². The fourth-order valence-corrected chi connectivity index (χ4v) is 1.07. The average molecular weight is 191 g/mol. The van der Waals surface area contributed by atoms with Gasteiger partial charge < -0.3 is 5.73 Å². The van der Waals surface area contributed by atoms with Crippen molar-refractivity contribution in [3.63, 3.8) is 0 Å². The fourth-order valence-electron chi connectivity index (χ4n) is 1.07. The number of hydrogen-bond donors (Lipinski definition) is 1. The highest BCUT2D eigenvalue weighted by molar-refractivity contribution is 5.84. The van der Waals surface area contributed by atoms with Crippen LogP contribution in [0.1, 0.15) is 25.2 Å². The maximum Gasteiger partial charge on any atom is 0.102 e. The number of aromatic nitrogens is 1. The third-order valence-corrected chi connectivity index (χ3v) is 2.04. The molecule has 0 atom stereocenters. The zero-order valence-corrected chi connectivity index (χ0v) is 9.20. The van der Waals surface area contributed by atoms with Crippen molar-refractivity contribution in [3.8, 4) is 0 Å². The van der Waals surface area contributed by atoms with Gasteiger partial charge in [0.05, 0.1) is 11.4 Å². The predicted molar refractivity (Wildman–Crippen MR) is 59.8 cm³/mol. The van der Waals surface area contributed by atoms with Crippen LogP contribution in [-0.2, 0) is 0 Å². The lowest BCUT2D eigenvalue weighted by Gasteiger charge is -2.05. The average Bonchev–Trinajstić information content (AvgIpc) is 2.09. The van der Waals surface area contributed by atoms with Crippen LogP contribution in [-0.4, -0.2) is 10.8 Å². The first kappa shape index (κ1) is 10.7. The van der Waals surface area contributed by atoms with Crippen molar-refractivity contribution in [2.45, 2.75) is 27.7 Å². The molecule has 0 saturated heterocycles. The highest BCUT2D eigenvalue weighted by Gasteiger charge is 2.02. The number of rotatable bonds is 2. The van der Waals surface area contributed by atoms with Gasteiger partial charge in [0.25, 0.3) is 0 Å². The monoisotopic (exact) mass is 191 g/mol. The highest BCUT2D eigenvalue weighted by atomic mass is 14.9. The van der Waals surface area contributed by atoms with E-state index >= 15 is 0 Å². The van der Waals surface area contributed by atoms with Gasteiger partial charge in [-0.2, -0.15) is 0 Å². The molecule has 1 aromatic rings. The van der Waals surface area contributed by atoms with E-state index in [0.717, 1.165) is 17.1 Å². The molecule has 0 aliphatic rings. The van der Waals surface area contributed by atoms with Crippen LogP contribution in [0.4, 0.5) is 5.69 Å². The van der Waals surface area contributed by atoms with Crippen molar-refractivity contribution in [1.29, 1.82) is 0 Å². The first-order valence-electron chi connectivity index (χ1n) is 4.79. The Hall–Kier alpha value is -1.38. The largest absolute Gasteiger partial charge is 0.387 e. The van der Waals surface area contributed by atoms with Gasteiger partial charge in [0, 0.05) is 11.6 Å². The molecule has 0 bridgehead atoms. The zero-order chi connectivity index (χ0) is 10.7. The summed E-state index contributed by atoms with van der Waals surface area (Å²) in [5.74, 6) is 0.925. The summed E-state index contributed by atoms with van der Waals surface area (Å²) >= 11 is 0. The van der Waals surface area contributed by atoms with Crippen LogP contribution in [0, 0.1) is 19.8 Å². The van der Waals surface area contributed by atoms with Gasteiger partial charge in [0.15, 0.2) is 0 Å². The van der Waals surface area contributed by atoms with Crippen LogP contribution < -0.4 is 5.73 Å². The Labute approximate surface area is 85.1 Å². The molecule has 0 aromatic carbocycles. The minimum atomic E-state index is 0.274. The van der Waals surface area contributed by atoms with E-state index in [2.05, 4.69) is 9.98 Å². The first-order valence-corrected chi connectivity index (χ1v) is 4.79. The van der Waals surface area contributed by atoms with Crippen molar-refractivity contribution in [2.75, 3.05) is 0 Å². The number of hydrogen-bond acceptors (Lipinski definition) is 2. The number of aryl methyl sites for hydroxylation is 2. The molecule has 0 fully saturated rings. The number of pyridine rings is 1. The lowest BCUT2D eigenvalue weighted by atomic mass is 10.2. The van der Waals surface area contributed by atoms with Gasteiger partial charge in [-0.1, -0.05) is 13.8 Å². The molecule has 1 aromatic heterocycles. The Morgan fingerprint density at radius 2 is 2.00 bits per heavy atom. The molecule has 1 heterocycles. The van der Waals surface area contributed by atoms with Crippen molar-refractivity contribution < 1.29 is 0 Å². The van der Waals surface area contributed by atoms with Gasteiger partial charge in [-0.3, -0.25) is 4.98 Å². The summed E-state index contributed by atoms with van der Waals surface area (Å²) in [5.41, 5.74) is 8.57. The first-order chi connectivity index (χ1) is 6.50. The molecule has 0 spiro atoms. The highest BCUT2D eigenvalue weighted by Crippen LogP contribution is 2.17. The summed E-state index contributed by atoms with van der Waals surface area (Å²) in [6.45, 7) is 7.96. The summed E-state index contributed by atoms with van der Waals surface area (Å²) in [6.07, 6.45) is 0. The van der Waals surface area contributed by atoms with Gasteiger partial charge in [0.2, 0.25) is 0 Å². The molecule has 0 unspecified atom stereocenters. The van der Waals surface area contributed by atoms with E-state index in [1.807, 2.05) is 39.8 Å². The molecule has 2 N–H and O–H groups in total. The lowest BCUT2D eigenvalue weighted by Crippen LogP contribution is -2.18. The maximum atomic E-state index is 5.78. The fraction of sp³-hybridized carbons (Fsp3) is 0.455. The van der Waals surface area contributed by atoms with Gasteiger partial charge in [0.1, 0.15) is 5.84 Å². The minimum Gasteiger partial charge on any atom is -0.387 e. The van der Waals surface area contributed by atoms with E-state index in [9.17, 15) is 0 Å². The Kier molecular flexibility index (Phi) is 3.23. The SMILES string of the molecule is Cc1ccc(N=C(N)C(C)C)c(C)n1. The van der Waals surface area contributed by atoms with Crippen molar-refractivity contribution in [3.05, 3.63) is 23.5 Å². The van der Waals surface area contributed by atoms with Crippen LogP contribution in [0.5, 0.6) is 0 Å². The van der Waals surface area contributed by atoms with Gasteiger partial charge in [-0.25, -0.2) is 4.99 Å². The molecule has 14 heavy (non-hydrogen) atoms. The van der Waals surface area contributed by atoms with Crippen molar-refractivity contribution >= 4 is 11.5 Å². The predicted octanol–water partition coefficient (Wildman–Crippen LogP) is 2.34. The number of amidine groups is 1. The molecule has 76 valence electrons. The van der Waals surface area contributed by atoms with Gasteiger partial charge in [-0.05, 0) is 26.0 Å². The molecule has 3 nitrogen and oxygen atoms in total. The van der Waals surface area contributed by atoms with E-state index < -0.39 is 0 Å². The summed E-state index contributed by atoms with van der Waals surface area (Å²) in [6, 6.07) is 3.90. The molecule has 0 saturated carbocycles. The molecule has 0 amide bonds. The van der Waals surface area contributed by atoms with E-state index in [1.54, 1.807) is 0 Å². The van der Waals surface area contributed by atoms with E-state index in [4.69, 9.17) is 5.73 Å². The molecule has 1 rings (SSSR count). The normalized spacial score (nSPS) is 12.2. The summed E-state index contributed by atoms with van der Waals surface area (Å²) in [4.78, 5) is 8.65. The van der Waals surface area contributed by atoms with Crippen LogP contribution in [0.2, 0.25) is 0 Å².